The second-order valence-corrected chi connectivity index (χ2v) is 10.0. The summed E-state index contributed by atoms with van der Waals surface area (Å²) in [4.78, 5) is 12.3. The molecule has 3 aromatic rings. The summed E-state index contributed by atoms with van der Waals surface area (Å²) < 4.78 is 33.3. The number of carbonyl (C=O) groups excluding carboxylic acids is 1. The molecular formula is C23H23ClN2O4S2. The molecule has 0 bridgehead atoms. The highest BCUT2D eigenvalue weighted by Gasteiger charge is 2.17. The zero-order valence-corrected chi connectivity index (χ0v) is 20.0. The highest BCUT2D eigenvalue weighted by Crippen LogP contribution is 2.28. The number of halogens is 1. The minimum atomic E-state index is -3.82. The predicted molar refractivity (Wildman–Crippen MR) is 131 cm³/mol. The summed E-state index contributed by atoms with van der Waals surface area (Å²) in [6, 6.07) is 18.7. The molecule has 0 aliphatic heterocycles. The number of anilines is 2. The molecule has 1 amide bonds. The van der Waals surface area contributed by atoms with Crippen molar-refractivity contribution in [2.75, 3.05) is 22.9 Å². The van der Waals surface area contributed by atoms with Crippen LogP contribution in [0.3, 0.4) is 0 Å². The Kier molecular flexibility index (Phi) is 8.06. The summed E-state index contributed by atoms with van der Waals surface area (Å²) in [5.41, 5.74) is 2.74. The Morgan fingerprint density at radius 1 is 1.06 bits per heavy atom. The van der Waals surface area contributed by atoms with Crippen LogP contribution in [0.15, 0.2) is 71.6 Å². The van der Waals surface area contributed by atoms with Crippen molar-refractivity contribution in [3.63, 3.8) is 0 Å². The van der Waals surface area contributed by atoms with Gasteiger partial charge >= 0.3 is 0 Å². The first kappa shape index (κ1) is 24.0. The SMILES string of the molecule is COc1ccc(C)cc1NS(=O)(=O)c1ccc(NC(=O)CSCc2ccccc2Cl)cc1. The van der Waals surface area contributed by atoms with Gasteiger partial charge in [-0.1, -0.05) is 35.9 Å². The first-order valence-corrected chi connectivity index (χ1v) is 12.7. The molecule has 0 unspecified atom stereocenters. The van der Waals surface area contributed by atoms with Gasteiger partial charge < -0.3 is 10.1 Å². The number of sulfonamides is 1. The highest BCUT2D eigenvalue weighted by atomic mass is 35.5. The number of ether oxygens (including phenoxy) is 1. The third kappa shape index (κ3) is 6.41. The van der Waals surface area contributed by atoms with Crippen LogP contribution in [0.25, 0.3) is 0 Å². The number of hydrogen-bond donors (Lipinski definition) is 2. The topological polar surface area (TPSA) is 84.5 Å². The minimum absolute atomic E-state index is 0.0761. The molecule has 0 aliphatic carbocycles. The summed E-state index contributed by atoms with van der Waals surface area (Å²) in [6.45, 7) is 1.86. The standard InChI is InChI=1S/C23H23ClN2O4S2/c1-16-7-12-22(30-2)21(13-16)26-32(28,29)19-10-8-18(9-11-19)25-23(27)15-31-14-17-5-3-4-6-20(17)24/h3-13,26H,14-15H2,1-2H3,(H,25,27). The van der Waals surface area contributed by atoms with Crippen LogP contribution in [0.2, 0.25) is 5.02 Å². The molecule has 0 atom stereocenters. The predicted octanol–water partition coefficient (Wildman–Crippen LogP) is 5.33. The fourth-order valence-electron chi connectivity index (χ4n) is 2.89. The van der Waals surface area contributed by atoms with E-state index in [4.69, 9.17) is 16.3 Å². The lowest BCUT2D eigenvalue weighted by Crippen LogP contribution is -2.15. The van der Waals surface area contributed by atoms with Crippen LogP contribution in [0, 0.1) is 6.92 Å². The van der Waals surface area contributed by atoms with Crippen molar-refractivity contribution in [3.05, 3.63) is 82.9 Å². The largest absolute Gasteiger partial charge is 0.495 e. The van der Waals surface area contributed by atoms with Gasteiger partial charge in [-0.3, -0.25) is 9.52 Å². The molecule has 6 nitrogen and oxygen atoms in total. The number of amides is 1. The normalized spacial score (nSPS) is 11.1. The molecule has 0 spiro atoms. The summed E-state index contributed by atoms with van der Waals surface area (Å²) in [7, 11) is -2.34. The fraction of sp³-hybridized carbons (Fsp3) is 0.174. The Bertz CT molecular complexity index is 1200. The van der Waals surface area contributed by atoms with Crippen molar-refractivity contribution in [3.8, 4) is 5.75 Å². The van der Waals surface area contributed by atoms with E-state index in [2.05, 4.69) is 10.0 Å². The molecule has 3 aromatic carbocycles. The molecule has 9 heteroatoms. The maximum atomic E-state index is 12.7. The third-order valence-electron chi connectivity index (χ3n) is 4.50. The van der Waals surface area contributed by atoms with Gasteiger partial charge in [-0.15, -0.1) is 11.8 Å². The van der Waals surface area contributed by atoms with Gasteiger partial charge in [0, 0.05) is 16.5 Å². The minimum Gasteiger partial charge on any atom is -0.495 e. The first-order chi connectivity index (χ1) is 15.3. The van der Waals surface area contributed by atoms with Gasteiger partial charge in [0.05, 0.1) is 23.4 Å². The lowest BCUT2D eigenvalue weighted by molar-refractivity contribution is -0.113. The number of thioether (sulfide) groups is 1. The Balaban J connectivity index is 1.58. The summed E-state index contributed by atoms with van der Waals surface area (Å²) in [5.74, 6) is 1.12. The number of methoxy groups -OCH3 is 1. The van der Waals surface area contributed by atoms with E-state index in [0.717, 1.165) is 11.1 Å². The summed E-state index contributed by atoms with van der Waals surface area (Å²) >= 11 is 7.57. The van der Waals surface area contributed by atoms with Gasteiger partial charge in [0.25, 0.3) is 10.0 Å². The highest BCUT2D eigenvalue weighted by molar-refractivity contribution is 7.99. The quantitative estimate of drug-likeness (QED) is 0.423. The summed E-state index contributed by atoms with van der Waals surface area (Å²) in [6.07, 6.45) is 0. The van der Waals surface area contributed by atoms with Crippen LogP contribution in [-0.2, 0) is 20.6 Å². The Hall–Kier alpha value is -2.68. The van der Waals surface area contributed by atoms with Crippen molar-refractivity contribution in [2.24, 2.45) is 0 Å². The van der Waals surface area contributed by atoms with Crippen LogP contribution in [0.5, 0.6) is 5.75 Å². The lowest BCUT2D eigenvalue weighted by Gasteiger charge is -2.13. The second kappa shape index (κ2) is 10.8. The molecule has 0 saturated heterocycles. The van der Waals surface area contributed by atoms with Gasteiger partial charge in [0.1, 0.15) is 5.75 Å². The molecule has 0 aromatic heterocycles. The molecule has 0 fully saturated rings. The molecule has 0 heterocycles. The number of rotatable bonds is 9. The van der Waals surface area contributed by atoms with Crippen molar-refractivity contribution in [1.82, 2.24) is 0 Å². The molecule has 2 N–H and O–H groups in total. The van der Waals surface area contributed by atoms with Crippen molar-refractivity contribution < 1.29 is 17.9 Å². The van der Waals surface area contributed by atoms with Crippen LogP contribution in [0.4, 0.5) is 11.4 Å². The average Bonchev–Trinajstić information content (AvgIpc) is 2.75. The molecule has 32 heavy (non-hydrogen) atoms. The maximum absolute atomic E-state index is 12.7. The van der Waals surface area contributed by atoms with E-state index in [9.17, 15) is 13.2 Å². The van der Waals surface area contributed by atoms with E-state index in [1.54, 1.807) is 24.3 Å². The molecule has 168 valence electrons. The smallest absolute Gasteiger partial charge is 0.262 e. The zero-order chi connectivity index (χ0) is 23.1. The number of carbonyl (C=O) groups is 1. The van der Waals surface area contributed by atoms with Gasteiger partial charge in [-0.05, 0) is 60.5 Å². The van der Waals surface area contributed by atoms with Crippen LogP contribution >= 0.6 is 23.4 Å². The van der Waals surface area contributed by atoms with E-state index in [1.807, 2.05) is 37.3 Å². The second-order valence-electron chi connectivity index (χ2n) is 6.97. The van der Waals surface area contributed by atoms with Crippen molar-refractivity contribution >= 4 is 50.7 Å². The Labute approximate surface area is 197 Å². The van der Waals surface area contributed by atoms with E-state index in [0.29, 0.717) is 27.9 Å². The van der Waals surface area contributed by atoms with Gasteiger partial charge in [0.2, 0.25) is 5.91 Å². The average molecular weight is 491 g/mol. The third-order valence-corrected chi connectivity index (χ3v) is 7.23. The molecule has 0 aliphatic rings. The van der Waals surface area contributed by atoms with Gasteiger partial charge in [-0.25, -0.2) is 8.42 Å². The Morgan fingerprint density at radius 3 is 2.47 bits per heavy atom. The van der Waals surface area contributed by atoms with E-state index in [1.165, 1.54) is 31.0 Å². The van der Waals surface area contributed by atoms with Crippen LogP contribution < -0.4 is 14.8 Å². The van der Waals surface area contributed by atoms with Crippen molar-refractivity contribution in [1.29, 1.82) is 0 Å². The number of aryl methyl sites for hydroxylation is 1. The summed E-state index contributed by atoms with van der Waals surface area (Å²) in [5, 5.41) is 3.44. The fourth-order valence-corrected chi connectivity index (χ4v) is 5.06. The van der Waals surface area contributed by atoms with E-state index >= 15 is 0 Å². The molecular weight excluding hydrogens is 468 g/mol. The Morgan fingerprint density at radius 2 is 1.78 bits per heavy atom. The molecule has 0 saturated carbocycles. The number of benzene rings is 3. The zero-order valence-electron chi connectivity index (χ0n) is 17.6. The van der Waals surface area contributed by atoms with Crippen molar-refractivity contribution in [2.45, 2.75) is 17.6 Å². The molecule has 0 radical (unpaired) electrons. The van der Waals surface area contributed by atoms with Crippen LogP contribution in [0.1, 0.15) is 11.1 Å². The number of nitrogens with one attached hydrogen (secondary N) is 2. The first-order valence-electron chi connectivity index (χ1n) is 9.67. The van der Waals surface area contributed by atoms with Crippen LogP contribution in [-0.4, -0.2) is 27.2 Å². The van der Waals surface area contributed by atoms with E-state index in [-0.39, 0.29) is 16.6 Å². The molecule has 3 rings (SSSR count). The lowest BCUT2D eigenvalue weighted by atomic mass is 10.2. The van der Waals surface area contributed by atoms with E-state index < -0.39 is 10.0 Å². The number of hydrogen-bond acceptors (Lipinski definition) is 5. The van der Waals surface area contributed by atoms with Gasteiger partial charge in [0.15, 0.2) is 0 Å². The maximum Gasteiger partial charge on any atom is 0.262 e. The monoisotopic (exact) mass is 490 g/mol. The van der Waals surface area contributed by atoms with Gasteiger partial charge in [-0.2, -0.15) is 0 Å².